The molecule has 1 amide bonds. The number of aliphatic carboxylic acids is 1. The maximum absolute atomic E-state index is 11.7. The van der Waals surface area contributed by atoms with Gasteiger partial charge >= 0.3 is 5.97 Å². The van der Waals surface area contributed by atoms with Crippen LogP contribution in [0.15, 0.2) is 35.4 Å². The number of amides is 1. The first-order valence-electron chi connectivity index (χ1n) is 6.27. The van der Waals surface area contributed by atoms with E-state index in [1.54, 1.807) is 7.11 Å². The summed E-state index contributed by atoms with van der Waals surface area (Å²) in [4.78, 5) is 22.5. The van der Waals surface area contributed by atoms with Gasteiger partial charge in [-0.3, -0.25) is 4.79 Å². The molecule has 20 heavy (non-hydrogen) atoms. The Morgan fingerprint density at radius 1 is 1.15 bits per heavy atom. The standard InChI is InChI=1S/C15H19NO4/c1-10(11(2)15(18)19)14(17)16-9-8-12-4-6-13(20-3)7-5-12/h4-7H,8-9H2,1-3H3,(H,16,17)(H,18,19). The summed E-state index contributed by atoms with van der Waals surface area (Å²) in [5.41, 5.74) is 1.36. The molecule has 0 saturated heterocycles. The topological polar surface area (TPSA) is 75.6 Å². The van der Waals surface area contributed by atoms with Crippen LogP contribution < -0.4 is 10.1 Å². The summed E-state index contributed by atoms with van der Waals surface area (Å²) < 4.78 is 5.06. The molecular formula is C15H19NO4. The fourth-order valence-electron chi connectivity index (χ4n) is 1.58. The van der Waals surface area contributed by atoms with Crippen molar-refractivity contribution >= 4 is 11.9 Å². The van der Waals surface area contributed by atoms with Crippen LogP contribution in [-0.2, 0) is 16.0 Å². The predicted molar refractivity (Wildman–Crippen MR) is 75.7 cm³/mol. The third-order valence-corrected chi connectivity index (χ3v) is 3.08. The molecule has 0 radical (unpaired) electrons. The molecule has 108 valence electrons. The molecule has 0 atom stereocenters. The molecule has 0 saturated carbocycles. The summed E-state index contributed by atoms with van der Waals surface area (Å²) in [6, 6.07) is 7.57. The van der Waals surface area contributed by atoms with Crippen LogP contribution in [-0.4, -0.2) is 30.6 Å². The quantitative estimate of drug-likeness (QED) is 0.777. The van der Waals surface area contributed by atoms with Crippen molar-refractivity contribution in [2.24, 2.45) is 0 Å². The van der Waals surface area contributed by atoms with Gasteiger partial charge in [0.25, 0.3) is 0 Å². The van der Waals surface area contributed by atoms with E-state index in [2.05, 4.69) is 5.32 Å². The Kier molecular flexibility index (Phi) is 5.77. The number of benzene rings is 1. The van der Waals surface area contributed by atoms with Gasteiger partial charge in [-0.2, -0.15) is 0 Å². The maximum atomic E-state index is 11.7. The largest absolute Gasteiger partial charge is 0.497 e. The van der Waals surface area contributed by atoms with Gasteiger partial charge < -0.3 is 15.2 Å². The van der Waals surface area contributed by atoms with Gasteiger partial charge in [0.05, 0.1) is 7.11 Å². The predicted octanol–water partition coefficient (Wildman–Crippen LogP) is 1.77. The van der Waals surface area contributed by atoms with Gasteiger partial charge in [-0.15, -0.1) is 0 Å². The second-order valence-electron chi connectivity index (χ2n) is 4.41. The number of carbonyl (C=O) groups is 2. The smallest absolute Gasteiger partial charge is 0.331 e. The van der Waals surface area contributed by atoms with Gasteiger partial charge in [0.15, 0.2) is 0 Å². The zero-order chi connectivity index (χ0) is 15.1. The zero-order valence-corrected chi connectivity index (χ0v) is 11.9. The van der Waals surface area contributed by atoms with Crippen molar-refractivity contribution in [3.63, 3.8) is 0 Å². The number of hydrogen-bond acceptors (Lipinski definition) is 3. The average Bonchev–Trinajstić information content (AvgIpc) is 2.46. The van der Waals surface area contributed by atoms with E-state index < -0.39 is 5.97 Å². The second-order valence-corrected chi connectivity index (χ2v) is 4.41. The first-order chi connectivity index (χ1) is 9.45. The normalized spacial score (nSPS) is 11.6. The van der Waals surface area contributed by atoms with E-state index in [4.69, 9.17) is 9.84 Å². The van der Waals surface area contributed by atoms with Crippen molar-refractivity contribution in [1.82, 2.24) is 5.32 Å². The van der Waals surface area contributed by atoms with Crippen LogP contribution in [0.1, 0.15) is 19.4 Å². The van der Waals surface area contributed by atoms with Gasteiger partial charge in [-0.25, -0.2) is 4.79 Å². The number of carboxylic acid groups (broad SMARTS) is 1. The molecule has 2 N–H and O–H groups in total. The third kappa shape index (κ3) is 4.42. The van der Waals surface area contributed by atoms with Gasteiger partial charge in [0.1, 0.15) is 5.75 Å². The molecule has 0 aliphatic rings. The molecule has 0 aliphatic heterocycles. The molecular weight excluding hydrogens is 258 g/mol. The summed E-state index contributed by atoms with van der Waals surface area (Å²) in [7, 11) is 1.61. The fraction of sp³-hybridized carbons (Fsp3) is 0.333. The van der Waals surface area contributed by atoms with Crippen LogP contribution in [0.5, 0.6) is 5.75 Å². The molecule has 1 aromatic carbocycles. The third-order valence-electron chi connectivity index (χ3n) is 3.08. The first kappa shape index (κ1) is 15.8. The summed E-state index contributed by atoms with van der Waals surface area (Å²) in [6.45, 7) is 3.38. The van der Waals surface area contributed by atoms with Crippen molar-refractivity contribution in [2.45, 2.75) is 20.3 Å². The van der Waals surface area contributed by atoms with E-state index in [0.29, 0.717) is 13.0 Å². The number of methoxy groups -OCH3 is 1. The fourth-order valence-corrected chi connectivity index (χ4v) is 1.58. The Labute approximate surface area is 118 Å². The lowest BCUT2D eigenvalue weighted by atomic mass is 10.1. The van der Waals surface area contributed by atoms with Crippen LogP contribution in [0.4, 0.5) is 0 Å². The molecule has 1 rings (SSSR count). The number of carboxylic acids is 1. The molecule has 0 unspecified atom stereocenters. The SMILES string of the molecule is COc1ccc(CCNC(=O)C(C)=C(C)C(=O)O)cc1. The molecule has 5 nitrogen and oxygen atoms in total. The van der Waals surface area contributed by atoms with E-state index in [1.807, 2.05) is 24.3 Å². The molecule has 0 aliphatic carbocycles. The van der Waals surface area contributed by atoms with Crippen molar-refractivity contribution in [3.05, 3.63) is 41.0 Å². The van der Waals surface area contributed by atoms with Crippen LogP contribution in [0.3, 0.4) is 0 Å². The van der Waals surface area contributed by atoms with E-state index in [0.717, 1.165) is 11.3 Å². The van der Waals surface area contributed by atoms with Crippen LogP contribution in [0.25, 0.3) is 0 Å². The van der Waals surface area contributed by atoms with Crippen molar-refractivity contribution in [1.29, 1.82) is 0 Å². The average molecular weight is 277 g/mol. The van der Waals surface area contributed by atoms with Gasteiger partial charge in [-0.05, 0) is 38.0 Å². The van der Waals surface area contributed by atoms with Gasteiger partial charge in [0.2, 0.25) is 5.91 Å². The number of hydrogen-bond donors (Lipinski definition) is 2. The van der Waals surface area contributed by atoms with E-state index >= 15 is 0 Å². The van der Waals surface area contributed by atoms with Crippen LogP contribution >= 0.6 is 0 Å². The van der Waals surface area contributed by atoms with Gasteiger partial charge in [0, 0.05) is 17.7 Å². The lowest BCUT2D eigenvalue weighted by Crippen LogP contribution is -2.27. The summed E-state index contributed by atoms with van der Waals surface area (Å²) in [6.07, 6.45) is 0.676. The number of rotatable bonds is 6. The highest BCUT2D eigenvalue weighted by molar-refractivity contribution is 6.01. The minimum Gasteiger partial charge on any atom is -0.497 e. The zero-order valence-electron chi connectivity index (χ0n) is 11.9. The van der Waals surface area contributed by atoms with Crippen molar-refractivity contribution in [2.75, 3.05) is 13.7 Å². The lowest BCUT2D eigenvalue weighted by Gasteiger charge is -2.07. The lowest BCUT2D eigenvalue weighted by molar-refractivity contribution is -0.133. The Morgan fingerprint density at radius 3 is 2.25 bits per heavy atom. The van der Waals surface area contributed by atoms with Crippen LogP contribution in [0, 0.1) is 0 Å². The Balaban J connectivity index is 2.49. The minimum atomic E-state index is -1.08. The van der Waals surface area contributed by atoms with E-state index in [9.17, 15) is 9.59 Å². The highest BCUT2D eigenvalue weighted by Crippen LogP contribution is 2.11. The molecule has 0 fully saturated rings. The number of nitrogens with one attached hydrogen (secondary N) is 1. The Morgan fingerprint density at radius 2 is 1.75 bits per heavy atom. The monoisotopic (exact) mass is 277 g/mol. The summed E-state index contributed by atoms with van der Waals surface area (Å²) in [5.74, 6) is -0.639. The minimum absolute atomic E-state index is 0.0620. The Hall–Kier alpha value is -2.30. The number of ether oxygens (including phenoxy) is 1. The van der Waals surface area contributed by atoms with Crippen LogP contribution in [0.2, 0.25) is 0 Å². The second kappa shape index (κ2) is 7.33. The molecule has 0 aromatic heterocycles. The molecule has 0 bridgehead atoms. The number of carbonyl (C=O) groups excluding carboxylic acids is 1. The van der Waals surface area contributed by atoms with Gasteiger partial charge in [-0.1, -0.05) is 12.1 Å². The highest BCUT2D eigenvalue weighted by Gasteiger charge is 2.11. The summed E-state index contributed by atoms with van der Waals surface area (Å²) in [5, 5.41) is 11.5. The molecule has 5 heteroatoms. The van der Waals surface area contributed by atoms with E-state index in [-0.39, 0.29) is 17.1 Å². The van der Waals surface area contributed by atoms with Crippen molar-refractivity contribution < 1.29 is 19.4 Å². The maximum Gasteiger partial charge on any atom is 0.331 e. The molecule has 1 aromatic rings. The molecule has 0 heterocycles. The summed E-state index contributed by atoms with van der Waals surface area (Å²) >= 11 is 0. The first-order valence-corrected chi connectivity index (χ1v) is 6.27. The highest BCUT2D eigenvalue weighted by atomic mass is 16.5. The van der Waals surface area contributed by atoms with E-state index in [1.165, 1.54) is 13.8 Å². The van der Waals surface area contributed by atoms with Crippen molar-refractivity contribution in [3.8, 4) is 5.75 Å². The Bertz CT molecular complexity index is 517. The molecule has 0 spiro atoms.